The van der Waals surface area contributed by atoms with Crippen molar-refractivity contribution in [3.05, 3.63) is 81.5 Å². The van der Waals surface area contributed by atoms with Crippen LogP contribution in [-0.4, -0.2) is 114 Å². The van der Waals surface area contributed by atoms with Gasteiger partial charge in [0.1, 0.15) is 5.82 Å². The van der Waals surface area contributed by atoms with E-state index >= 15 is 0 Å². The van der Waals surface area contributed by atoms with E-state index in [1.807, 2.05) is 47.2 Å². The van der Waals surface area contributed by atoms with Gasteiger partial charge in [-0.15, -0.1) is 10.2 Å². The summed E-state index contributed by atoms with van der Waals surface area (Å²) in [6, 6.07) is 16.3. The standard InChI is InChI=1S/C34H42N8O3.K/c1-6-9-30-29(20-23-12-14-24(15-13-23)27-10-7-8-11-28(27)31-36-39-40-37-31)32(43)41(33-35-22(3)38-42(30)33)25-16-18-26(19-17-25)45-21(2)34(4,5)44;/h7-8,10-15,21,25-26,44H,6,9,16-20H2,1-5H3,(H,36,37,39,40);. The molecule has 12 heteroatoms. The predicted molar refractivity (Wildman–Crippen MR) is 178 cm³/mol. The summed E-state index contributed by atoms with van der Waals surface area (Å²) in [7, 11) is 0. The number of hydrogen-bond donors (Lipinski definition) is 2. The summed E-state index contributed by atoms with van der Waals surface area (Å²) in [6.45, 7) is 9.46. The van der Waals surface area contributed by atoms with Gasteiger partial charge in [0.05, 0.1) is 23.5 Å². The molecule has 237 valence electrons. The molecule has 46 heavy (non-hydrogen) atoms. The zero-order valence-corrected chi connectivity index (χ0v) is 30.8. The first kappa shape index (κ1) is 34.7. The van der Waals surface area contributed by atoms with Gasteiger partial charge in [0.25, 0.3) is 5.56 Å². The molecule has 0 spiro atoms. The van der Waals surface area contributed by atoms with Gasteiger partial charge >= 0.3 is 0 Å². The molecule has 1 aliphatic carbocycles. The van der Waals surface area contributed by atoms with Crippen molar-refractivity contribution in [2.45, 2.75) is 103 Å². The van der Waals surface area contributed by atoms with Gasteiger partial charge in [-0.25, -0.2) is 4.52 Å². The Morgan fingerprint density at radius 1 is 1.07 bits per heavy atom. The molecule has 0 aliphatic heterocycles. The van der Waals surface area contributed by atoms with E-state index in [4.69, 9.17) is 14.8 Å². The molecule has 0 bridgehead atoms. The summed E-state index contributed by atoms with van der Waals surface area (Å²) in [6.07, 6.45) is 5.12. The Labute approximate surface area is 311 Å². The molecule has 1 saturated carbocycles. The van der Waals surface area contributed by atoms with Gasteiger partial charge in [-0.05, 0) is 81.7 Å². The van der Waals surface area contributed by atoms with Crippen molar-refractivity contribution in [1.82, 2.24) is 39.8 Å². The first-order chi connectivity index (χ1) is 21.6. The fraction of sp³-hybridized carbons (Fsp3) is 0.471. The SMILES string of the molecule is CCCc1c(Cc2ccc(-c3ccccc3-c3nn[nH]n3)cc2)c(=O)n(C2CCC(OC(C)C(C)(C)O)CC2)c2nc(C)nn12.[K]. The molecule has 0 saturated heterocycles. The van der Waals surface area contributed by atoms with Crippen molar-refractivity contribution in [3.8, 4) is 22.5 Å². The number of aromatic nitrogens is 8. The fourth-order valence-corrected chi connectivity index (χ4v) is 6.34. The number of rotatable bonds is 10. The minimum absolute atomic E-state index is 0. The van der Waals surface area contributed by atoms with Gasteiger partial charge in [0, 0.05) is 75.0 Å². The molecule has 0 amide bonds. The van der Waals surface area contributed by atoms with E-state index in [1.165, 1.54) is 0 Å². The van der Waals surface area contributed by atoms with E-state index in [2.05, 4.69) is 51.8 Å². The molecule has 2 aromatic carbocycles. The number of nitrogens with one attached hydrogen (secondary N) is 1. The van der Waals surface area contributed by atoms with Crippen LogP contribution in [0.15, 0.2) is 53.3 Å². The van der Waals surface area contributed by atoms with E-state index in [0.717, 1.165) is 72.0 Å². The van der Waals surface area contributed by atoms with E-state index in [-0.39, 0.29) is 75.2 Å². The zero-order chi connectivity index (χ0) is 31.7. The number of benzene rings is 2. The van der Waals surface area contributed by atoms with Crippen LogP contribution < -0.4 is 5.56 Å². The van der Waals surface area contributed by atoms with Crippen LogP contribution in [0.1, 0.15) is 88.5 Å². The van der Waals surface area contributed by atoms with Gasteiger partial charge in [0.2, 0.25) is 11.6 Å². The van der Waals surface area contributed by atoms with Crippen LogP contribution in [0.2, 0.25) is 0 Å². The Bertz CT molecular complexity index is 1820. The number of H-pyrrole nitrogens is 1. The topological polar surface area (TPSA) is 136 Å². The largest absolute Gasteiger partial charge is 0.388 e. The second-order valence-corrected chi connectivity index (χ2v) is 12.7. The van der Waals surface area contributed by atoms with E-state index in [0.29, 0.717) is 23.8 Å². The molecule has 6 rings (SSSR count). The summed E-state index contributed by atoms with van der Waals surface area (Å²) >= 11 is 0. The van der Waals surface area contributed by atoms with Gasteiger partial charge in [-0.1, -0.05) is 61.9 Å². The molecule has 1 aliphatic rings. The number of ether oxygens (including phenoxy) is 1. The van der Waals surface area contributed by atoms with E-state index in [1.54, 1.807) is 13.8 Å². The van der Waals surface area contributed by atoms with Gasteiger partial charge in [-0.3, -0.25) is 9.36 Å². The average molecular weight is 650 g/mol. The number of hydrogen-bond acceptors (Lipinski definition) is 8. The Hall–Kier alpha value is -2.58. The molecule has 1 atom stereocenters. The maximum absolute atomic E-state index is 14.4. The molecule has 2 N–H and O–H groups in total. The molecule has 3 aromatic heterocycles. The Balaban J connectivity index is 0.00000417. The second-order valence-electron chi connectivity index (χ2n) is 12.7. The van der Waals surface area contributed by atoms with Crippen LogP contribution in [0, 0.1) is 6.92 Å². The number of aromatic amines is 1. The quantitative estimate of drug-likeness (QED) is 0.205. The minimum atomic E-state index is -0.904. The number of aliphatic hydroxyl groups is 1. The zero-order valence-electron chi connectivity index (χ0n) is 27.7. The van der Waals surface area contributed by atoms with Crippen molar-refractivity contribution < 1.29 is 9.84 Å². The minimum Gasteiger partial charge on any atom is -0.388 e. The molecule has 1 fully saturated rings. The summed E-state index contributed by atoms with van der Waals surface area (Å²) in [5.41, 5.74) is 4.79. The van der Waals surface area contributed by atoms with Crippen LogP contribution >= 0.6 is 0 Å². The number of nitrogens with zero attached hydrogens (tertiary/aromatic N) is 7. The Morgan fingerprint density at radius 2 is 1.76 bits per heavy atom. The van der Waals surface area contributed by atoms with Gasteiger partial charge < -0.3 is 9.84 Å². The van der Waals surface area contributed by atoms with Crippen LogP contribution in [-0.2, 0) is 17.6 Å². The first-order valence-corrected chi connectivity index (χ1v) is 15.9. The Morgan fingerprint density at radius 3 is 2.39 bits per heavy atom. The molecule has 1 radical (unpaired) electrons. The van der Waals surface area contributed by atoms with Crippen molar-refractivity contribution in [2.75, 3.05) is 0 Å². The maximum atomic E-state index is 14.4. The third-order valence-corrected chi connectivity index (χ3v) is 9.04. The summed E-state index contributed by atoms with van der Waals surface area (Å²) in [5, 5.41) is 29.7. The molecular formula is C34H42KN8O3. The van der Waals surface area contributed by atoms with Crippen LogP contribution in [0.3, 0.4) is 0 Å². The van der Waals surface area contributed by atoms with Gasteiger partial charge in [0.15, 0.2) is 0 Å². The molecule has 5 aromatic rings. The van der Waals surface area contributed by atoms with Gasteiger partial charge in [-0.2, -0.15) is 15.3 Å². The summed E-state index contributed by atoms with van der Waals surface area (Å²) < 4.78 is 10.00. The number of fused-ring (bicyclic) bond motifs is 1. The van der Waals surface area contributed by atoms with Crippen molar-refractivity contribution in [1.29, 1.82) is 0 Å². The summed E-state index contributed by atoms with van der Waals surface area (Å²) in [5.74, 6) is 1.81. The Kier molecular flexibility index (Phi) is 11.1. The summed E-state index contributed by atoms with van der Waals surface area (Å²) in [4.78, 5) is 19.2. The van der Waals surface area contributed by atoms with Crippen molar-refractivity contribution in [2.24, 2.45) is 0 Å². The molecule has 3 heterocycles. The maximum Gasteiger partial charge on any atom is 0.259 e. The fourth-order valence-electron chi connectivity index (χ4n) is 6.34. The van der Waals surface area contributed by atoms with Crippen LogP contribution in [0.4, 0.5) is 0 Å². The van der Waals surface area contributed by atoms with Crippen LogP contribution in [0.5, 0.6) is 0 Å². The third kappa shape index (κ3) is 7.28. The smallest absolute Gasteiger partial charge is 0.259 e. The molecule has 1 unspecified atom stereocenters. The third-order valence-electron chi connectivity index (χ3n) is 9.04. The molecule has 11 nitrogen and oxygen atoms in total. The normalized spacial score (nSPS) is 17.6. The monoisotopic (exact) mass is 649 g/mol. The average Bonchev–Trinajstić information content (AvgIpc) is 3.70. The number of tetrazole rings is 1. The van der Waals surface area contributed by atoms with Crippen molar-refractivity contribution in [3.63, 3.8) is 0 Å². The van der Waals surface area contributed by atoms with E-state index in [9.17, 15) is 9.90 Å². The second kappa shape index (κ2) is 14.7. The van der Waals surface area contributed by atoms with Crippen molar-refractivity contribution >= 4 is 57.2 Å². The van der Waals surface area contributed by atoms with E-state index < -0.39 is 5.60 Å². The first-order valence-electron chi connectivity index (χ1n) is 15.9. The number of aryl methyl sites for hydroxylation is 2. The molecular weight excluding hydrogens is 608 g/mol. The predicted octanol–water partition coefficient (Wildman–Crippen LogP) is 4.87. The van der Waals surface area contributed by atoms with Crippen LogP contribution in [0.25, 0.3) is 28.3 Å².